The Morgan fingerprint density at radius 1 is 0.935 bits per heavy atom. The van der Waals surface area contributed by atoms with Gasteiger partial charge < -0.3 is 10.6 Å². The summed E-state index contributed by atoms with van der Waals surface area (Å²) in [6, 6.07) is 21.4. The third kappa shape index (κ3) is 6.82. The van der Waals surface area contributed by atoms with Crippen LogP contribution in [0.3, 0.4) is 0 Å². The monoisotopic (exact) mass is 531 g/mol. The van der Waals surface area contributed by atoms with Gasteiger partial charge >= 0.3 is 0 Å². The lowest BCUT2D eigenvalue weighted by Gasteiger charge is -2.19. The molecule has 1 aromatic heterocycles. The number of aliphatic imine (C=N–C) groups is 1. The van der Waals surface area contributed by atoms with Crippen LogP contribution in [0.1, 0.15) is 40.4 Å². The van der Waals surface area contributed by atoms with Gasteiger partial charge in [0.25, 0.3) is 0 Å². The molecule has 3 aromatic rings. The Morgan fingerprint density at radius 2 is 1.48 bits per heavy atom. The third-order valence-electron chi connectivity index (χ3n) is 5.68. The van der Waals surface area contributed by atoms with E-state index in [0.717, 1.165) is 37.6 Å². The number of nitrogens with one attached hydrogen (secondary N) is 2. The Hall–Kier alpha value is -2.35. The van der Waals surface area contributed by atoms with E-state index in [-0.39, 0.29) is 24.0 Å². The van der Waals surface area contributed by atoms with Crippen LogP contribution in [0.5, 0.6) is 0 Å². The second kappa shape index (κ2) is 12.5. The first-order chi connectivity index (χ1) is 14.6. The van der Waals surface area contributed by atoms with Crippen LogP contribution in [-0.2, 0) is 13.5 Å². The molecule has 0 saturated heterocycles. The Labute approximate surface area is 203 Å². The highest BCUT2D eigenvalue weighted by Gasteiger charge is 2.14. The molecule has 0 atom stereocenters. The lowest BCUT2D eigenvalue weighted by atomic mass is 9.88. The van der Waals surface area contributed by atoms with E-state index in [9.17, 15) is 0 Å². The van der Waals surface area contributed by atoms with Crippen LogP contribution in [-0.4, -0.2) is 35.9 Å². The number of nitrogens with zero attached hydrogens (tertiary/aromatic N) is 3. The number of aromatic nitrogens is 2. The number of hydrogen-bond acceptors (Lipinski definition) is 2. The van der Waals surface area contributed by atoms with Crippen molar-refractivity contribution in [2.24, 2.45) is 12.0 Å². The molecule has 0 aliphatic rings. The summed E-state index contributed by atoms with van der Waals surface area (Å²) >= 11 is 0. The van der Waals surface area contributed by atoms with Crippen molar-refractivity contribution in [1.29, 1.82) is 0 Å². The van der Waals surface area contributed by atoms with E-state index in [4.69, 9.17) is 0 Å². The molecule has 1 heterocycles. The van der Waals surface area contributed by atoms with E-state index in [0.29, 0.717) is 5.92 Å². The van der Waals surface area contributed by atoms with Gasteiger partial charge in [0.1, 0.15) is 0 Å². The summed E-state index contributed by atoms with van der Waals surface area (Å²) < 4.78 is 1.95. The molecular formula is C25H34IN5. The van der Waals surface area contributed by atoms with Crippen LogP contribution in [0.4, 0.5) is 0 Å². The highest BCUT2D eigenvalue weighted by atomic mass is 127. The minimum absolute atomic E-state index is 0. The summed E-state index contributed by atoms with van der Waals surface area (Å²) in [6.07, 6.45) is 1.93. The van der Waals surface area contributed by atoms with Crippen LogP contribution in [0.15, 0.2) is 65.7 Å². The summed E-state index contributed by atoms with van der Waals surface area (Å²) in [5.74, 6) is 1.20. The van der Waals surface area contributed by atoms with Gasteiger partial charge in [-0.05, 0) is 43.4 Å². The van der Waals surface area contributed by atoms with Crippen molar-refractivity contribution in [2.75, 3.05) is 20.1 Å². The molecule has 2 N–H and O–H groups in total. The molecule has 0 unspecified atom stereocenters. The molecule has 6 heteroatoms. The summed E-state index contributed by atoms with van der Waals surface area (Å²) in [7, 11) is 3.82. The fourth-order valence-corrected chi connectivity index (χ4v) is 3.94. The van der Waals surface area contributed by atoms with Crippen LogP contribution in [0, 0.1) is 13.8 Å². The first-order valence-corrected chi connectivity index (χ1v) is 10.6. The lowest BCUT2D eigenvalue weighted by Crippen LogP contribution is -2.39. The first kappa shape index (κ1) is 24.9. The summed E-state index contributed by atoms with van der Waals surface area (Å²) in [5, 5.41) is 11.4. The van der Waals surface area contributed by atoms with E-state index in [1.807, 2.05) is 18.8 Å². The van der Waals surface area contributed by atoms with Gasteiger partial charge in [-0.1, -0.05) is 60.7 Å². The Kier molecular flexibility index (Phi) is 10.0. The highest BCUT2D eigenvalue weighted by molar-refractivity contribution is 14.0. The minimum atomic E-state index is 0. The smallest absolute Gasteiger partial charge is 0.190 e. The van der Waals surface area contributed by atoms with Crippen molar-refractivity contribution in [3.05, 3.63) is 88.7 Å². The fraction of sp³-hybridized carbons (Fsp3) is 0.360. The SMILES string of the molecule is CN=C(NCCc1c(C)nn(C)c1C)NCCC(c1ccccc1)c1ccccc1.I. The summed E-state index contributed by atoms with van der Waals surface area (Å²) in [5.41, 5.74) is 6.33. The molecule has 0 radical (unpaired) electrons. The quantitative estimate of drug-likeness (QED) is 0.254. The predicted octanol–water partition coefficient (Wildman–Crippen LogP) is 4.58. The molecule has 0 aliphatic heterocycles. The Bertz CT molecular complexity index is 911. The van der Waals surface area contributed by atoms with Crippen molar-refractivity contribution in [2.45, 2.75) is 32.6 Å². The minimum Gasteiger partial charge on any atom is -0.356 e. The van der Waals surface area contributed by atoms with Crippen LogP contribution >= 0.6 is 24.0 Å². The van der Waals surface area contributed by atoms with Crippen LogP contribution in [0.2, 0.25) is 0 Å². The molecule has 31 heavy (non-hydrogen) atoms. The standard InChI is InChI=1S/C25H33N5.HI/c1-19-23(20(2)30(4)29-19)15-17-27-25(26-3)28-18-16-24(21-11-7-5-8-12-21)22-13-9-6-10-14-22;/h5-14,24H,15-18H2,1-4H3,(H2,26,27,28);1H. The Balaban J connectivity index is 0.00000341. The maximum Gasteiger partial charge on any atom is 0.190 e. The van der Waals surface area contributed by atoms with Gasteiger partial charge in [0, 0.05) is 38.8 Å². The predicted molar refractivity (Wildman–Crippen MR) is 141 cm³/mol. The number of rotatable bonds is 8. The normalized spacial score (nSPS) is 11.3. The molecule has 0 aliphatic carbocycles. The van der Waals surface area contributed by atoms with E-state index in [2.05, 4.69) is 95.2 Å². The zero-order chi connectivity index (χ0) is 21.3. The average Bonchev–Trinajstić information content (AvgIpc) is 3.02. The molecule has 0 bridgehead atoms. The van der Waals surface area contributed by atoms with Gasteiger partial charge in [0.05, 0.1) is 5.69 Å². The van der Waals surface area contributed by atoms with Crippen molar-refractivity contribution in [3.63, 3.8) is 0 Å². The van der Waals surface area contributed by atoms with Gasteiger partial charge in [0.2, 0.25) is 0 Å². The second-order valence-electron chi connectivity index (χ2n) is 7.61. The van der Waals surface area contributed by atoms with E-state index < -0.39 is 0 Å². The molecule has 5 nitrogen and oxygen atoms in total. The first-order valence-electron chi connectivity index (χ1n) is 10.6. The van der Waals surface area contributed by atoms with Gasteiger partial charge in [-0.25, -0.2) is 0 Å². The van der Waals surface area contributed by atoms with Gasteiger partial charge in [-0.2, -0.15) is 5.10 Å². The van der Waals surface area contributed by atoms with Gasteiger partial charge in [-0.15, -0.1) is 24.0 Å². The maximum atomic E-state index is 4.50. The largest absolute Gasteiger partial charge is 0.356 e. The fourth-order valence-electron chi connectivity index (χ4n) is 3.94. The van der Waals surface area contributed by atoms with Crippen molar-refractivity contribution >= 4 is 29.9 Å². The number of guanidine groups is 1. The summed E-state index contributed by atoms with van der Waals surface area (Å²) in [6.45, 7) is 5.87. The van der Waals surface area contributed by atoms with E-state index in [1.54, 1.807) is 0 Å². The molecule has 166 valence electrons. The topological polar surface area (TPSA) is 54.2 Å². The molecule has 0 amide bonds. The second-order valence-corrected chi connectivity index (χ2v) is 7.61. The number of halogens is 1. The molecular weight excluding hydrogens is 497 g/mol. The summed E-state index contributed by atoms with van der Waals surface area (Å²) in [4.78, 5) is 4.39. The van der Waals surface area contributed by atoms with Gasteiger partial charge in [0.15, 0.2) is 5.96 Å². The molecule has 2 aromatic carbocycles. The Morgan fingerprint density at radius 3 is 1.97 bits per heavy atom. The van der Waals surface area contributed by atoms with Crippen LogP contribution in [0.25, 0.3) is 0 Å². The molecule has 3 rings (SSSR count). The highest BCUT2D eigenvalue weighted by Crippen LogP contribution is 2.27. The third-order valence-corrected chi connectivity index (χ3v) is 5.68. The lowest BCUT2D eigenvalue weighted by molar-refractivity contribution is 0.677. The zero-order valence-corrected chi connectivity index (χ0v) is 21.3. The van der Waals surface area contributed by atoms with E-state index >= 15 is 0 Å². The van der Waals surface area contributed by atoms with E-state index in [1.165, 1.54) is 22.4 Å². The van der Waals surface area contributed by atoms with Crippen molar-refractivity contribution in [1.82, 2.24) is 20.4 Å². The number of hydrogen-bond donors (Lipinski definition) is 2. The molecule has 0 spiro atoms. The molecule has 0 saturated carbocycles. The maximum absolute atomic E-state index is 4.50. The van der Waals surface area contributed by atoms with Gasteiger partial charge in [-0.3, -0.25) is 9.67 Å². The van der Waals surface area contributed by atoms with Crippen molar-refractivity contribution < 1.29 is 0 Å². The number of benzene rings is 2. The average molecular weight is 531 g/mol. The van der Waals surface area contributed by atoms with Crippen molar-refractivity contribution in [3.8, 4) is 0 Å². The molecule has 0 fully saturated rings. The zero-order valence-electron chi connectivity index (χ0n) is 18.9. The number of aryl methyl sites for hydroxylation is 2. The van der Waals surface area contributed by atoms with Crippen LogP contribution < -0.4 is 10.6 Å².